The topological polar surface area (TPSA) is 68.7 Å². The third kappa shape index (κ3) is 8.62. The molecule has 2 saturated heterocycles. The first-order valence-electron chi connectivity index (χ1n) is 18.1. The zero-order chi connectivity index (χ0) is 32.1. The van der Waals surface area contributed by atoms with E-state index in [9.17, 15) is 9.59 Å². The summed E-state index contributed by atoms with van der Waals surface area (Å²) < 4.78 is 5.95. The molecule has 0 aliphatic carbocycles. The summed E-state index contributed by atoms with van der Waals surface area (Å²) in [5.41, 5.74) is 0.992. The van der Waals surface area contributed by atoms with E-state index in [1.54, 1.807) is 11.9 Å². The normalized spacial score (nSPS) is 19.1. The number of carbonyl (C=O) groups is 2. The Hall–Kier alpha value is -3.55. The van der Waals surface area contributed by atoms with E-state index in [0.717, 1.165) is 42.5 Å². The van der Waals surface area contributed by atoms with Crippen molar-refractivity contribution in [3.63, 3.8) is 0 Å². The van der Waals surface area contributed by atoms with Crippen molar-refractivity contribution >= 4 is 23.6 Å². The molecule has 8 heteroatoms. The number of amides is 3. The quantitative estimate of drug-likeness (QED) is 0.137. The lowest BCUT2D eigenvalue weighted by Crippen LogP contribution is -2.64. The van der Waals surface area contributed by atoms with Crippen LogP contribution in [-0.2, 0) is 4.79 Å². The number of rotatable bonds is 20. The Kier molecular flexibility index (Phi) is 12.8. The van der Waals surface area contributed by atoms with Crippen LogP contribution in [0.4, 0.5) is 10.5 Å². The van der Waals surface area contributed by atoms with Gasteiger partial charge in [0.2, 0.25) is 5.96 Å². The molecule has 3 aliphatic heterocycles. The Labute approximate surface area is 276 Å². The Balaban J connectivity index is 1.00. The highest BCUT2D eigenvalue weighted by atomic mass is 16.5. The molecule has 2 atom stereocenters. The molecule has 3 aliphatic rings. The summed E-state index contributed by atoms with van der Waals surface area (Å²) in [7, 11) is 1.78. The van der Waals surface area contributed by atoms with Crippen LogP contribution in [0.3, 0.4) is 0 Å². The molecule has 0 saturated carbocycles. The summed E-state index contributed by atoms with van der Waals surface area (Å²) in [4.78, 5) is 39.2. The van der Waals surface area contributed by atoms with Gasteiger partial charge in [-0.05, 0) is 42.8 Å². The Morgan fingerprint density at radius 3 is 1.83 bits per heavy atom. The predicted molar refractivity (Wildman–Crippen MR) is 186 cm³/mol. The van der Waals surface area contributed by atoms with Gasteiger partial charge in [0.05, 0.1) is 0 Å². The predicted octanol–water partition coefficient (Wildman–Crippen LogP) is 8.82. The molecular weight excluding hydrogens is 574 g/mol. The summed E-state index contributed by atoms with van der Waals surface area (Å²) in [5, 5.41) is 0. The molecular formula is C38H55N5O3. The minimum Gasteiger partial charge on any atom is -0.457 e. The standard InChI is InChI=1S/C38H55N5O3/c1-3-4-5-6-7-8-9-10-11-12-13-14-15-16-17-21-28-43-36(44)34-35(40(2)38(43)45)39-37-41(29-30-42(34)37)31-24-26-33(27-25-31)46-32-22-19-18-20-23-32/h18-20,22-27,34-35H,3-17,21,28-30H2,1-2H3. The van der Waals surface area contributed by atoms with Gasteiger partial charge < -0.3 is 19.4 Å². The third-order valence-electron chi connectivity index (χ3n) is 9.74. The van der Waals surface area contributed by atoms with Crippen LogP contribution < -0.4 is 9.64 Å². The number of guanidine groups is 1. The van der Waals surface area contributed by atoms with Crippen molar-refractivity contribution in [2.45, 2.75) is 122 Å². The van der Waals surface area contributed by atoms with E-state index in [2.05, 4.69) is 16.7 Å². The minimum atomic E-state index is -0.486. The molecule has 0 bridgehead atoms. The second kappa shape index (κ2) is 17.4. The lowest BCUT2D eigenvalue weighted by atomic mass is 10.0. The smallest absolute Gasteiger partial charge is 0.328 e. The van der Waals surface area contributed by atoms with Gasteiger partial charge in [0.15, 0.2) is 12.2 Å². The van der Waals surface area contributed by atoms with Crippen LogP contribution in [0.5, 0.6) is 11.5 Å². The van der Waals surface area contributed by atoms with Crippen LogP contribution in [0.25, 0.3) is 0 Å². The maximum absolute atomic E-state index is 13.7. The fraction of sp³-hybridized carbons (Fsp3) is 0.605. The van der Waals surface area contributed by atoms with Gasteiger partial charge in [0.25, 0.3) is 5.91 Å². The van der Waals surface area contributed by atoms with Crippen molar-refractivity contribution in [1.29, 1.82) is 0 Å². The number of ether oxygens (including phenoxy) is 1. The van der Waals surface area contributed by atoms with Gasteiger partial charge in [-0.2, -0.15) is 0 Å². The van der Waals surface area contributed by atoms with Crippen molar-refractivity contribution in [3.05, 3.63) is 54.6 Å². The van der Waals surface area contributed by atoms with E-state index in [1.165, 1.54) is 94.8 Å². The number of unbranched alkanes of at least 4 members (excludes halogenated alkanes) is 15. The second-order valence-corrected chi connectivity index (χ2v) is 13.2. The molecule has 0 N–H and O–H groups in total. The molecule has 3 heterocycles. The number of carbonyl (C=O) groups excluding carboxylic acids is 2. The van der Waals surface area contributed by atoms with Gasteiger partial charge in [0, 0.05) is 32.4 Å². The highest BCUT2D eigenvalue weighted by molar-refractivity contribution is 6.08. The number of fused-ring (bicyclic) bond motifs is 3. The van der Waals surface area contributed by atoms with Crippen LogP contribution in [-0.4, -0.2) is 71.5 Å². The van der Waals surface area contributed by atoms with Crippen LogP contribution in [0.2, 0.25) is 0 Å². The zero-order valence-electron chi connectivity index (χ0n) is 28.2. The van der Waals surface area contributed by atoms with Gasteiger partial charge in [0.1, 0.15) is 11.5 Å². The summed E-state index contributed by atoms with van der Waals surface area (Å²) in [6.45, 7) is 4.20. The third-order valence-corrected chi connectivity index (χ3v) is 9.74. The van der Waals surface area contributed by atoms with Crippen molar-refractivity contribution < 1.29 is 14.3 Å². The number of hydrogen-bond donors (Lipinski definition) is 0. The summed E-state index contributed by atoms with van der Waals surface area (Å²) in [6.07, 6.45) is 20.4. The number of likely N-dealkylation sites (N-methyl/N-ethyl adjacent to an activating group) is 1. The van der Waals surface area contributed by atoms with Crippen LogP contribution in [0.1, 0.15) is 110 Å². The van der Waals surface area contributed by atoms with Crippen molar-refractivity contribution in [3.8, 4) is 11.5 Å². The van der Waals surface area contributed by atoms with E-state index in [4.69, 9.17) is 9.73 Å². The van der Waals surface area contributed by atoms with Crippen molar-refractivity contribution in [2.75, 3.05) is 31.6 Å². The number of benzene rings is 2. The number of nitrogens with zero attached hydrogens (tertiary/aromatic N) is 5. The largest absolute Gasteiger partial charge is 0.457 e. The lowest BCUT2D eigenvalue weighted by Gasteiger charge is -2.40. The number of para-hydroxylation sites is 1. The average molecular weight is 630 g/mol. The van der Waals surface area contributed by atoms with Crippen molar-refractivity contribution in [2.24, 2.45) is 4.99 Å². The number of imide groups is 1. The summed E-state index contributed by atoms with van der Waals surface area (Å²) >= 11 is 0. The molecule has 2 aromatic rings. The van der Waals surface area contributed by atoms with Crippen LogP contribution in [0.15, 0.2) is 59.6 Å². The highest BCUT2D eigenvalue weighted by Crippen LogP contribution is 2.34. The monoisotopic (exact) mass is 629 g/mol. The van der Waals surface area contributed by atoms with Gasteiger partial charge in [-0.1, -0.05) is 121 Å². The zero-order valence-corrected chi connectivity index (χ0v) is 28.2. The molecule has 8 nitrogen and oxygen atoms in total. The number of aliphatic imine (C=N–C) groups is 1. The fourth-order valence-electron chi connectivity index (χ4n) is 7.02. The average Bonchev–Trinajstić information content (AvgIpc) is 3.66. The van der Waals surface area contributed by atoms with Gasteiger partial charge >= 0.3 is 6.03 Å². The molecule has 2 aromatic carbocycles. The van der Waals surface area contributed by atoms with Gasteiger partial charge in [-0.3, -0.25) is 9.69 Å². The lowest BCUT2D eigenvalue weighted by molar-refractivity contribution is -0.137. The Morgan fingerprint density at radius 1 is 0.696 bits per heavy atom. The van der Waals surface area contributed by atoms with Crippen LogP contribution in [0, 0.1) is 0 Å². The molecule has 3 amide bonds. The summed E-state index contributed by atoms with van der Waals surface area (Å²) in [6, 6.07) is 17.0. The molecule has 0 aromatic heterocycles. The van der Waals surface area contributed by atoms with Crippen molar-refractivity contribution in [1.82, 2.24) is 14.7 Å². The Bertz CT molecular complexity index is 1270. The van der Waals surface area contributed by atoms with E-state index < -0.39 is 12.2 Å². The van der Waals surface area contributed by atoms with E-state index in [0.29, 0.717) is 13.1 Å². The molecule has 0 radical (unpaired) electrons. The Morgan fingerprint density at radius 2 is 1.24 bits per heavy atom. The number of anilines is 1. The second-order valence-electron chi connectivity index (χ2n) is 13.2. The molecule has 46 heavy (non-hydrogen) atoms. The van der Waals surface area contributed by atoms with Gasteiger partial charge in [-0.15, -0.1) is 0 Å². The SMILES string of the molecule is CCCCCCCCCCCCCCCCCCN1C(=O)C2C(N=C3N(c4ccc(Oc5ccccc5)cc4)CCN32)N(C)C1=O. The van der Waals surface area contributed by atoms with E-state index in [-0.39, 0.29) is 11.9 Å². The van der Waals surface area contributed by atoms with Crippen LogP contribution >= 0.6 is 0 Å². The fourth-order valence-corrected chi connectivity index (χ4v) is 7.02. The molecule has 2 unspecified atom stereocenters. The molecule has 5 rings (SSSR count). The first-order chi connectivity index (χ1) is 22.6. The molecule has 250 valence electrons. The van der Waals surface area contributed by atoms with Gasteiger partial charge in [-0.25, -0.2) is 9.79 Å². The summed E-state index contributed by atoms with van der Waals surface area (Å²) in [5.74, 6) is 2.21. The van der Waals surface area contributed by atoms with E-state index in [1.807, 2.05) is 54.6 Å². The number of urea groups is 1. The first-order valence-corrected chi connectivity index (χ1v) is 18.1. The van der Waals surface area contributed by atoms with E-state index >= 15 is 0 Å². The molecule has 0 spiro atoms. The maximum Gasteiger partial charge on any atom is 0.328 e. The first kappa shape index (κ1) is 33.8. The highest BCUT2D eigenvalue weighted by Gasteiger charge is 2.54. The number of hydrogen-bond acceptors (Lipinski definition) is 6. The molecule has 2 fully saturated rings. The maximum atomic E-state index is 13.7. The minimum absolute atomic E-state index is 0.110.